The molecule has 0 aromatic carbocycles. The molecule has 0 aliphatic carbocycles. The van der Waals surface area contributed by atoms with Crippen molar-refractivity contribution >= 4 is 23.1 Å². The Bertz CT molecular complexity index is 461. The van der Waals surface area contributed by atoms with Crippen molar-refractivity contribution in [2.24, 2.45) is 0 Å². The van der Waals surface area contributed by atoms with Crippen molar-refractivity contribution in [3.63, 3.8) is 0 Å². The molecule has 0 spiro atoms. The lowest BCUT2D eigenvalue weighted by molar-refractivity contribution is 0.991. The topological polar surface area (TPSA) is 75.3 Å². The SMILES string of the molecule is N#Cc1nccnc1Sc1nncs1. The van der Waals surface area contributed by atoms with E-state index in [4.69, 9.17) is 5.26 Å². The molecule has 2 heterocycles. The van der Waals surface area contributed by atoms with Crippen LogP contribution in [-0.2, 0) is 0 Å². The molecule has 0 saturated carbocycles. The van der Waals surface area contributed by atoms with Crippen LogP contribution in [0.4, 0.5) is 0 Å². The third-order valence-corrected chi connectivity index (χ3v) is 3.06. The fourth-order valence-electron chi connectivity index (χ4n) is 0.767. The number of hydrogen-bond acceptors (Lipinski definition) is 7. The Labute approximate surface area is 87.9 Å². The average molecular weight is 221 g/mol. The number of nitrogens with zero attached hydrogens (tertiary/aromatic N) is 5. The second-order valence-electron chi connectivity index (χ2n) is 2.13. The van der Waals surface area contributed by atoms with E-state index in [1.54, 1.807) is 11.7 Å². The molecule has 68 valence electrons. The third-order valence-electron chi connectivity index (χ3n) is 1.29. The minimum atomic E-state index is 0.313. The lowest BCUT2D eigenvalue weighted by Crippen LogP contribution is -1.89. The third kappa shape index (κ3) is 1.86. The molecule has 2 aromatic rings. The zero-order valence-corrected chi connectivity index (χ0v) is 8.42. The lowest BCUT2D eigenvalue weighted by atomic mass is 10.5. The molecule has 0 atom stereocenters. The van der Waals surface area contributed by atoms with Gasteiger partial charge in [0.2, 0.25) is 0 Å². The maximum atomic E-state index is 8.75. The lowest BCUT2D eigenvalue weighted by Gasteiger charge is -1.96. The monoisotopic (exact) mass is 221 g/mol. The van der Waals surface area contributed by atoms with Crippen molar-refractivity contribution in [2.45, 2.75) is 9.37 Å². The molecule has 0 saturated heterocycles. The van der Waals surface area contributed by atoms with Crippen molar-refractivity contribution in [3.05, 3.63) is 23.6 Å². The first kappa shape index (κ1) is 9.05. The molecule has 2 rings (SSSR count). The quantitative estimate of drug-likeness (QED) is 0.762. The highest BCUT2D eigenvalue weighted by Crippen LogP contribution is 2.27. The van der Waals surface area contributed by atoms with Gasteiger partial charge in [0.1, 0.15) is 16.6 Å². The molecule has 14 heavy (non-hydrogen) atoms. The Morgan fingerprint density at radius 1 is 1.36 bits per heavy atom. The van der Waals surface area contributed by atoms with Gasteiger partial charge in [-0.05, 0) is 11.8 Å². The maximum Gasteiger partial charge on any atom is 0.180 e. The van der Waals surface area contributed by atoms with Gasteiger partial charge in [0.15, 0.2) is 10.0 Å². The summed E-state index contributed by atoms with van der Waals surface area (Å²) in [4.78, 5) is 7.93. The standard InChI is InChI=1S/C7H3N5S2/c8-3-5-6(10-2-1-9-5)14-7-12-11-4-13-7/h1-2,4H. The molecule has 0 aliphatic heterocycles. The smallest absolute Gasteiger partial charge is 0.180 e. The van der Waals surface area contributed by atoms with E-state index in [-0.39, 0.29) is 0 Å². The van der Waals surface area contributed by atoms with Gasteiger partial charge < -0.3 is 0 Å². The van der Waals surface area contributed by atoms with Gasteiger partial charge in [-0.1, -0.05) is 11.3 Å². The first-order chi connectivity index (χ1) is 6.90. The van der Waals surface area contributed by atoms with Gasteiger partial charge in [-0.15, -0.1) is 10.2 Å². The highest BCUT2D eigenvalue weighted by Gasteiger charge is 2.07. The van der Waals surface area contributed by atoms with Crippen LogP contribution in [0.5, 0.6) is 0 Å². The van der Waals surface area contributed by atoms with Crippen LogP contribution < -0.4 is 0 Å². The molecule has 0 bridgehead atoms. The van der Waals surface area contributed by atoms with Crippen molar-refractivity contribution in [2.75, 3.05) is 0 Å². The second kappa shape index (κ2) is 4.13. The molecule has 0 amide bonds. The van der Waals surface area contributed by atoms with Gasteiger partial charge >= 0.3 is 0 Å². The van der Waals surface area contributed by atoms with Crippen LogP contribution in [0.1, 0.15) is 5.69 Å². The summed E-state index contributed by atoms with van der Waals surface area (Å²) in [6, 6.07) is 1.97. The summed E-state index contributed by atoms with van der Waals surface area (Å²) in [5.41, 5.74) is 1.94. The van der Waals surface area contributed by atoms with Crippen LogP contribution in [0.25, 0.3) is 0 Å². The van der Waals surface area contributed by atoms with Crippen LogP contribution in [0.3, 0.4) is 0 Å². The summed E-state index contributed by atoms with van der Waals surface area (Å²) in [6.07, 6.45) is 3.03. The van der Waals surface area contributed by atoms with Crippen LogP contribution >= 0.6 is 23.1 Å². The highest BCUT2D eigenvalue weighted by atomic mass is 32.2. The first-order valence-electron chi connectivity index (χ1n) is 3.55. The largest absolute Gasteiger partial charge is 0.245 e. The minimum Gasteiger partial charge on any atom is -0.245 e. The van der Waals surface area contributed by atoms with Crippen LogP contribution in [0.2, 0.25) is 0 Å². The summed E-state index contributed by atoms with van der Waals surface area (Å²) in [6.45, 7) is 0. The fourth-order valence-corrected chi connectivity index (χ4v) is 2.17. The van der Waals surface area contributed by atoms with E-state index in [2.05, 4.69) is 20.2 Å². The van der Waals surface area contributed by atoms with E-state index >= 15 is 0 Å². The predicted octanol–water partition coefficient (Wildman–Crippen LogP) is 1.35. The Morgan fingerprint density at radius 2 is 2.21 bits per heavy atom. The average Bonchev–Trinajstić information content (AvgIpc) is 2.71. The predicted molar refractivity (Wildman–Crippen MR) is 50.8 cm³/mol. The highest BCUT2D eigenvalue weighted by molar-refractivity contribution is 8.01. The van der Waals surface area contributed by atoms with Gasteiger partial charge in [0.05, 0.1) is 0 Å². The van der Waals surface area contributed by atoms with Crippen molar-refractivity contribution in [1.29, 1.82) is 5.26 Å². The van der Waals surface area contributed by atoms with E-state index in [0.717, 1.165) is 4.34 Å². The molecular weight excluding hydrogens is 218 g/mol. The van der Waals surface area contributed by atoms with Gasteiger partial charge in [-0.3, -0.25) is 0 Å². The molecule has 0 unspecified atom stereocenters. The van der Waals surface area contributed by atoms with E-state index < -0.39 is 0 Å². The minimum absolute atomic E-state index is 0.313. The maximum absolute atomic E-state index is 8.75. The van der Waals surface area contributed by atoms with Crippen molar-refractivity contribution in [3.8, 4) is 6.07 Å². The van der Waals surface area contributed by atoms with Gasteiger partial charge in [-0.2, -0.15) is 5.26 Å². The summed E-state index contributed by atoms with van der Waals surface area (Å²) >= 11 is 2.69. The van der Waals surface area contributed by atoms with Crippen molar-refractivity contribution in [1.82, 2.24) is 20.2 Å². The van der Waals surface area contributed by atoms with E-state index in [1.807, 2.05) is 6.07 Å². The van der Waals surface area contributed by atoms with E-state index in [1.165, 1.54) is 29.3 Å². The summed E-state index contributed by atoms with van der Waals surface area (Å²) in [5.74, 6) is 0. The number of hydrogen-bond donors (Lipinski definition) is 0. The molecule has 7 heteroatoms. The molecular formula is C7H3N5S2. The number of aromatic nitrogens is 4. The molecule has 0 radical (unpaired) electrons. The number of nitriles is 1. The zero-order chi connectivity index (χ0) is 9.80. The zero-order valence-electron chi connectivity index (χ0n) is 6.78. The van der Waals surface area contributed by atoms with Gasteiger partial charge in [-0.25, -0.2) is 9.97 Å². The molecule has 0 aliphatic rings. The van der Waals surface area contributed by atoms with Crippen LogP contribution in [0, 0.1) is 11.3 Å². The molecule has 0 fully saturated rings. The first-order valence-corrected chi connectivity index (χ1v) is 5.25. The second-order valence-corrected chi connectivity index (χ2v) is 4.20. The van der Waals surface area contributed by atoms with E-state index in [0.29, 0.717) is 10.7 Å². The Balaban J connectivity index is 2.30. The van der Waals surface area contributed by atoms with Crippen LogP contribution in [0.15, 0.2) is 27.3 Å². The van der Waals surface area contributed by atoms with Crippen molar-refractivity contribution < 1.29 is 0 Å². The fraction of sp³-hybridized carbons (Fsp3) is 0. The summed E-state index contributed by atoms with van der Waals surface area (Å²) < 4.78 is 0.752. The summed E-state index contributed by atoms with van der Waals surface area (Å²) in [7, 11) is 0. The Hall–Kier alpha value is -1.52. The molecule has 0 N–H and O–H groups in total. The Kier molecular flexibility index (Phi) is 2.67. The Morgan fingerprint density at radius 3 is 2.93 bits per heavy atom. The molecule has 2 aromatic heterocycles. The van der Waals surface area contributed by atoms with Gasteiger partial charge in [0, 0.05) is 12.4 Å². The number of rotatable bonds is 2. The summed E-state index contributed by atoms with van der Waals surface area (Å²) in [5, 5.41) is 16.8. The molecule has 5 nitrogen and oxygen atoms in total. The normalized spacial score (nSPS) is 9.64. The van der Waals surface area contributed by atoms with Gasteiger partial charge in [0.25, 0.3) is 0 Å². The van der Waals surface area contributed by atoms with E-state index in [9.17, 15) is 0 Å². The van der Waals surface area contributed by atoms with Crippen LogP contribution in [-0.4, -0.2) is 20.2 Å².